The number of rotatable bonds is 6. The van der Waals surface area contributed by atoms with Crippen LogP contribution in [0.25, 0.3) is 10.8 Å². The molecule has 2 rings (SSSR count). The molecule has 118 valence electrons. The molecule has 0 bridgehead atoms. The number of carbonyl (C=O) groups is 1. The van der Waals surface area contributed by atoms with E-state index in [4.69, 9.17) is 4.74 Å². The number of carbonyl (C=O) groups excluding carboxylic acids is 1. The molecule has 22 heavy (non-hydrogen) atoms. The summed E-state index contributed by atoms with van der Waals surface area (Å²) >= 11 is 0. The van der Waals surface area contributed by atoms with E-state index in [2.05, 4.69) is 5.32 Å². The van der Waals surface area contributed by atoms with Crippen LogP contribution in [0.5, 0.6) is 5.75 Å². The summed E-state index contributed by atoms with van der Waals surface area (Å²) in [7, 11) is 0. The maximum Gasteiger partial charge on any atom is 0.217 e. The number of hydrogen-bond acceptors (Lipinski definition) is 3. The van der Waals surface area contributed by atoms with Crippen LogP contribution in [-0.4, -0.2) is 23.3 Å². The maximum absolute atomic E-state index is 11.3. The fourth-order valence-corrected chi connectivity index (χ4v) is 2.53. The number of ether oxygens (including phenoxy) is 1. The summed E-state index contributed by atoms with van der Waals surface area (Å²) in [5.74, 6) is 0.776. The third-order valence-corrected chi connectivity index (χ3v) is 3.46. The van der Waals surface area contributed by atoms with E-state index in [-0.39, 0.29) is 5.91 Å². The van der Waals surface area contributed by atoms with Crippen molar-refractivity contribution in [3.8, 4) is 5.75 Å². The summed E-state index contributed by atoms with van der Waals surface area (Å²) in [4.78, 5) is 11.3. The second-order valence-corrected chi connectivity index (χ2v) is 5.92. The summed E-state index contributed by atoms with van der Waals surface area (Å²) in [5.41, 5.74) is 0. The monoisotopic (exact) mass is 301 g/mol. The van der Waals surface area contributed by atoms with Gasteiger partial charge >= 0.3 is 0 Å². The van der Waals surface area contributed by atoms with E-state index in [1.807, 2.05) is 56.3 Å². The molecule has 0 aliphatic rings. The molecule has 0 spiro atoms. The molecule has 0 aliphatic heterocycles. The van der Waals surface area contributed by atoms with Gasteiger partial charge in [0.2, 0.25) is 12.2 Å². The number of nitrogens with one attached hydrogen (secondary N) is 1. The Bertz CT molecular complexity index is 634. The lowest BCUT2D eigenvalue weighted by molar-refractivity contribution is -0.123. The van der Waals surface area contributed by atoms with Gasteiger partial charge < -0.3 is 15.2 Å². The number of amides is 1. The van der Waals surface area contributed by atoms with Gasteiger partial charge in [-0.15, -0.1) is 0 Å². The summed E-state index contributed by atoms with van der Waals surface area (Å²) in [6.07, 6.45) is -0.442. The first-order chi connectivity index (χ1) is 10.5. The fourth-order valence-electron chi connectivity index (χ4n) is 2.53. The normalized spacial score (nSPS) is 13.9. The van der Waals surface area contributed by atoms with Crippen molar-refractivity contribution in [3.63, 3.8) is 0 Å². The Labute approximate surface area is 131 Å². The van der Waals surface area contributed by atoms with E-state index in [9.17, 15) is 9.90 Å². The van der Waals surface area contributed by atoms with Crippen molar-refractivity contribution in [2.45, 2.75) is 39.5 Å². The largest absolute Gasteiger partial charge is 0.462 e. The first-order valence-corrected chi connectivity index (χ1v) is 7.57. The number of fused-ring (bicyclic) bond motifs is 1. The molecular formula is C18H23NO3. The molecule has 4 nitrogen and oxygen atoms in total. The van der Waals surface area contributed by atoms with Crippen molar-refractivity contribution < 1.29 is 14.6 Å². The average molecular weight is 301 g/mol. The number of aliphatic hydroxyl groups is 1. The molecule has 1 amide bonds. The minimum absolute atomic E-state index is 0.175. The Balaban J connectivity index is 2.20. The lowest BCUT2D eigenvalue weighted by Crippen LogP contribution is -2.45. The van der Waals surface area contributed by atoms with E-state index in [1.54, 1.807) is 0 Å². The fraction of sp³-hybridized carbons (Fsp3) is 0.389. The molecule has 2 N–H and O–H groups in total. The second-order valence-electron chi connectivity index (χ2n) is 5.92. The van der Waals surface area contributed by atoms with Gasteiger partial charge in [0.15, 0.2) is 0 Å². The summed E-state index contributed by atoms with van der Waals surface area (Å²) in [6.45, 7) is 5.52. The van der Waals surface area contributed by atoms with Gasteiger partial charge in [0.05, 0.1) is 6.04 Å². The molecule has 0 saturated heterocycles. The van der Waals surface area contributed by atoms with Crippen molar-refractivity contribution in [2.24, 2.45) is 5.92 Å². The molecule has 2 atom stereocenters. The SMILES string of the molecule is CC(=O)NC(CC(C)C)C(O)Oc1cccc2ccccc12. The Hall–Kier alpha value is -2.07. The van der Waals surface area contributed by atoms with Crippen LogP contribution >= 0.6 is 0 Å². The quantitative estimate of drug-likeness (QED) is 0.806. The Morgan fingerprint density at radius 1 is 1.18 bits per heavy atom. The van der Waals surface area contributed by atoms with Gasteiger partial charge in [0.1, 0.15) is 5.75 Å². The Kier molecular flexibility index (Phi) is 5.39. The summed E-state index contributed by atoms with van der Waals surface area (Å²) < 4.78 is 5.73. The van der Waals surface area contributed by atoms with Crippen LogP contribution in [0.1, 0.15) is 27.2 Å². The predicted octanol–water partition coefficient (Wildman–Crippen LogP) is 3.09. The van der Waals surface area contributed by atoms with E-state index < -0.39 is 12.3 Å². The summed E-state index contributed by atoms with van der Waals surface area (Å²) in [5, 5.41) is 15.1. The zero-order valence-electron chi connectivity index (χ0n) is 13.2. The third-order valence-electron chi connectivity index (χ3n) is 3.46. The maximum atomic E-state index is 11.3. The van der Waals surface area contributed by atoms with Crippen molar-refractivity contribution in [1.29, 1.82) is 0 Å². The third kappa shape index (κ3) is 4.21. The molecule has 0 saturated carbocycles. The lowest BCUT2D eigenvalue weighted by Gasteiger charge is -2.26. The zero-order chi connectivity index (χ0) is 16.1. The van der Waals surface area contributed by atoms with Crippen LogP contribution in [0, 0.1) is 5.92 Å². The minimum atomic E-state index is -1.09. The highest BCUT2D eigenvalue weighted by molar-refractivity contribution is 5.88. The molecular weight excluding hydrogens is 278 g/mol. The molecule has 2 unspecified atom stereocenters. The minimum Gasteiger partial charge on any atom is -0.462 e. The highest BCUT2D eigenvalue weighted by Gasteiger charge is 2.23. The van der Waals surface area contributed by atoms with Crippen LogP contribution in [0.4, 0.5) is 0 Å². The zero-order valence-corrected chi connectivity index (χ0v) is 13.2. The number of aliphatic hydroxyl groups excluding tert-OH is 1. The molecule has 2 aromatic carbocycles. The van der Waals surface area contributed by atoms with Gasteiger partial charge in [-0.1, -0.05) is 50.2 Å². The van der Waals surface area contributed by atoms with Crippen LogP contribution in [-0.2, 0) is 4.79 Å². The van der Waals surface area contributed by atoms with Crippen LogP contribution < -0.4 is 10.1 Å². The van der Waals surface area contributed by atoms with E-state index >= 15 is 0 Å². The average Bonchev–Trinajstić information content (AvgIpc) is 2.46. The van der Waals surface area contributed by atoms with Crippen molar-refractivity contribution in [2.75, 3.05) is 0 Å². The van der Waals surface area contributed by atoms with Crippen molar-refractivity contribution in [3.05, 3.63) is 42.5 Å². The first kappa shape index (κ1) is 16.3. The van der Waals surface area contributed by atoms with Gasteiger partial charge in [-0.2, -0.15) is 0 Å². The van der Waals surface area contributed by atoms with Crippen LogP contribution in [0.3, 0.4) is 0 Å². The lowest BCUT2D eigenvalue weighted by atomic mass is 10.0. The van der Waals surface area contributed by atoms with Gasteiger partial charge in [0.25, 0.3) is 0 Å². The molecule has 2 aromatic rings. The second kappa shape index (κ2) is 7.27. The molecule has 0 aliphatic carbocycles. The van der Waals surface area contributed by atoms with Crippen LogP contribution in [0.15, 0.2) is 42.5 Å². The van der Waals surface area contributed by atoms with Crippen molar-refractivity contribution >= 4 is 16.7 Å². The summed E-state index contributed by atoms with van der Waals surface area (Å²) in [6, 6.07) is 13.1. The predicted molar refractivity (Wildman–Crippen MR) is 87.6 cm³/mol. The molecule has 4 heteroatoms. The van der Waals surface area contributed by atoms with E-state index in [0.29, 0.717) is 18.1 Å². The Morgan fingerprint density at radius 2 is 1.86 bits per heavy atom. The first-order valence-electron chi connectivity index (χ1n) is 7.57. The van der Waals surface area contributed by atoms with E-state index in [0.717, 1.165) is 10.8 Å². The van der Waals surface area contributed by atoms with Gasteiger partial charge in [-0.25, -0.2) is 0 Å². The number of benzene rings is 2. The highest BCUT2D eigenvalue weighted by Crippen LogP contribution is 2.26. The standard InChI is InChI=1S/C18H23NO3/c1-12(2)11-16(19-13(3)20)18(21)22-17-10-6-8-14-7-4-5-9-15(14)17/h4-10,12,16,18,21H,11H2,1-3H3,(H,19,20). The molecule has 0 radical (unpaired) electrons. The molecule has 0 fully saturated rings. The van der Waals surface area contributed by atoms with Gasteiger partial charge in [0, 0.05) is 12.3 Å². The highest BCUT2D eigenvalue weighted by atomic mass is 16.6. The topological polar surface area (TPSA) is 58.6 Å². The van der Waals surface area contributed by atoms with Gasteiger partial charge in [-0.05, 0) is 23.8 Å². The van der Waals surface area contributed by atoms with E-state index in [1.165, 1.54) is 6.92 Å². The van der Waals surface area contributed by atoms with Crippen molar-refractivity contribution in [1.82, 2.24) is 5.32 Å². The molecule has 0 heterocycles. The molecule has 0 aromatic heterocycles. The number of hydrogen-bond donors (Lipinski definition) is 2. The van der Waals surface area contributed by atoms with Gasteiger partial charge in [-0.3, -0.25) is 4.79 Å². The smallest absolute Gasteiger partial charge is 0.217 e. The Morgan fingerprint density at radius 3 is 2.55 bits per heavy atom. The van der Waals surface area contributed by atoms with Crippen LogP contribution in [0.2, 0.25) is 0 Å².